The molecule has 0 aliphatic rings. The normalized spacial score (nSPS) is 11.1. The molecule has 8 heteroatoms. The fourth-order valence-electron chi connectivity index (χ4n) is 2.26. The minimum Gasteiger partial charge on any atom is -0.497 e. The predicted molar refractivity (Wildman–Crippen MR) is 90.9 cm³/mol. The van der Waals surface area contributed by atoms with Crippen LogP contribution < -0.4 is 10.1 Å². The summed E-state index contributed by atoms with van der Waals surface area (Å²) in [7, 11) is 1.57. The zero-order chi connectivity index (χ0) is 17.8. The van der Waals surface area contributed by atoms with Crippen molar-refractivity contribution in [2.75, 3.05) is 19.0 Å². The number of aromatic hydroxyl groups is 1. The topological polar surface area (TPSA) is 99.1 Å². The molecule has 0 atom stereocenters. The molecular weight excluding hydrogens is 327 g/mol. The molecule has 0 fully saturated rings. The van der Waals surface area contributed by atoms with Gasteiger partial charge in [-0.1, -0.05) is 0 Å². The third kappa shape index (κ3) is 3.74. The van der Waals surface area contributed by atoms with Crippen LogP contribution in [-0.4, -0.2) is 29.7 Å². The molecule has 3 rings (SSSR count). The third-order valence-electron chi connectivity index (χ3n) is 3.51. The van der Waals surface area contributed by atoms with Crippen LogP contribution in [0.1, 0.15) is 0 Å². The van der Waals surface area contributed by atoms with E-state index >= 15 is 0 Å². The Kier molecular flexibility index (Phi) is 4.60. The molecule has 0 unspecified atom stereocenters. The molecule has 3 N–H and O–H groups in total. The van der Waals surface area contributed by atoms with Crippen molar-refractivity contribution in [3.8, 4) is 11.6 Å². The van der Waals surface area contributed by atoms with Crippen LogP contribution in [0.4, 0.5) is 15.8 Å². The summed E-state index contributed by atoms with van der Waals surface area (Å²) in [5.41, 5.74) is 1.24. The van der Waals surface area contributed by atoms with Gasteiger partial charge in [-0.15, -0.1) is 10.2 Å². The third-order valence-corrected chi connectivity index (χ3v) is 3.51. The van der Waals surface area contributed by atoms with Crippen molar-refractivity contribution in [3.63, 3.8) is 0 Å². The lowest BCUT2D eigenvalue weighted by molar-refractivity contribution is -0.116. The maximum atomic E-state index is 13.3. The van der Waals surface area contributed by atoms with Crippen LogP contribution in [-0.2, 0) is 4.79 Å². The molecule has 0 saturated heterocycles. The number of nitrogens with one attached hydrogen (secondary N) is 2. The van der Waals surface area contributed by atoms with Crippen molar-refractivity contribution >= 4 is 28.2 Å². The number of amides is 1. The Hall–Kier alpha value is -3.42. The van der Waals surface area contributed by atoms with Gasteiger partial charge < -0.3 is 20.1 Å². The second-order valence-electron chi connectivity index (χ2n) is 5.19. The molecule has 3 aromatic rings. The van der Waals surface area contributed by atoms with Crippen LogP contribution in [0, 0.1) is 5.82 Å². The minimum absolute atomic E-state index is 0.0206. The van der Waals surface area contributed by atoms with E-state index in [0.29, 0.717) is 16.7 Å². The van der Waals surface area contributed by atoms with Crippen molar-refractivity contribution in [1.82, 2.24) is 4.98 Å². The Bertz CT molecular complexity index is 935. The van der Waals surface area contributed by atoms with Crippen LogP contribution in [0.3, 0.4) is 0 Å². The van der Waals surface area contributed by atoms with Crippen molar-refractivity contribution in [2.24, 2.45) is 10.2 Å². The average Bonchev–Trinajstić information content (AvgIpc) is 2.93. The first-order valence-electron chi connectivity index (χ1n) is 7.39. The van der Waals surface area contributed by atoms with Crippen molar-refractivity contribution < 1.29 is 19.0 Å². The zero-order valence-corrected chi connectivity index (χ0v) is 13.3. The number of hydrogen-bond donors (Lipinski definition) is 3. The highest BCUT2D eigenvalue weighted by atomic mass is 19.1. The first kappa shape index (κ1) is 16.4. The summed E-state index contributed by atoms with van der Waals surface area (Å²) in [5.74, 6) is -0.588. The number of rotatable bonds is 5. The van der Waals surface area contributed by atoms with Crippen LogP contribution >= 0.6 is 0 Å². The van der Waals surface area contributed by atoms with Gasteiger partial charge in [0.1, 0.15) is 11.6 Å². The number of azo groups is 1. The van der Waals surface area contributed by atoms with E-state index in [1.54, 1.807) is 31.4 Å². The number of benzene rings is 2. The average molecular weight is 342 g/mol. The standard InChI is InChI=1S/C17H15FN4O3/c1-25-12-5-3-11(4-6-12)19-9-15(23)21-22-16-13-8-10(18)2-7-14(13)20-17(16)24/h2-8,19-20,24H,9H2,1H3. The number of carbonyl (C=O) groups excluding carboxylic acids is 1. The van der Waals surface area contributed by atoms with Crippen LogP contribution in [0.5, 0.6) is 11.6 Å². The fraction of sp³-hybridized carbons (Fsp3) is 0.118. The highest BCUT2D eigenvalue weighted by Crippen LogP contribution is 2.35. The largest absolute Gasteiger partial charge is 0.497 e. The van der Waals surface area contributed by atoms with Gasteiger partial charge in [0, 0.05) is 11.1 Å². The first-order valence-corrected chi connectivity index (χ1v) is 7.39. The van der Waals surface area contributed by atoms with Gasteiger partial charge in [-0.2, -0.15) is 0 Å². The molecule has 128 valence electrons. The van der Waals surface area contributed by atoms with E-state index in [9.17, 15) is 14.3 Å². The zero-order valence-electron chi connectivity index (χ0n) is 13.3. The van der Waals surface area contributed by atoms with E-state index in [4.69, 9.17) is 4.74 Å². The Morgan fingerprint density at radius 2 is 2.04 bits per heavy atom. The minimum atomic E-state index is -0.541. The summed E-state index contributed by atoms with van der Waals surface area (Å²) in [4.78, 5) is 14.5. The molecule has 0 saturated carbocycles. The van der Waals surface area contributed by atoms with E-state index in [0.717, 1.165) is 5.69 Å². The lowest BCUT2D eigenvalue weighted by Gasteiger charge is -2.04. The van der Waals surface area contributed by atoms with Crippen LogP contribution in [0.25, 0.3) is 10.9 Å². The quantitative estimate of drug-likeness (QED) is 0.615. The second kappa shape index (κ2) is 7.00. The van der Waals surface area contributed by atoms with Crippen molar-refractivity contribution in [3.05, 3.63) is 48.3 Å². The fourth-order valence-corrected chi connectivity index (χ4v) is 2.26. The molecule has 1 amide bonds. The number of hydrogen-bond acceptors (Lipinski definition) is 5. The van der Waals surface area contributed by atoms with Crippen LogP contribution in [0.2, 0.25) is 0 Å². The van der Waals surface area contributed by atoms with Gasteiger partial charge in [0.2, 0.25) is 5.88 Å². The summed E-state index contributed by atoms with van der Waals surface area (Å²) in [6, 6.07) is 11.0. The van der Waals surface area contributed by atoms with E-state index in [1.165, 1.54) is 18.2 Å². The van der Waals surface area contributed by atoms with E-state index in [1.807, 2.05) is 0 Å². The molecule has 0 aliphatic carbocycles. The number of carbonyl (C=O) groups is 1. The maximum Gasteiger partial charge on any atom is 0.283 e. The number of anilines is 1. The Morgan fingerprint density at radius 3 is 2.76 bits per heavy atom. The number of H-pyrrole nitrogens is 1. The van der Waals surface area contributed by atoms with Gasteiger partial charge >= 0.3 is 0 Å². The first-order chi connectivity index (χ1) is 12.1. The number of halogens is 1. The highest BCUT2D eigenvalue weighted by Gasteiger charge is 2.11. The van der Waals surface area contributed by atoms with Gasteiger partial charge in [0.15, 0.2) is 5.69 Å². The predicted octanol–water partition coefficient (Wildman–Crippen LogP) is 3.74. The second-order valence-corrected chi connectivity index (χ2v) is 5.19. The molecule has 0 spiro atoms. The Labute approximate surface area is 142 Å². The summed E-state index contributed by atoms with van der Waals surface area (Å²) in [5, 5.41) is 20.4. The molecule has 0 aliphatic heterocycles. The SMILES string of the molecule is COc1ccc(NCC(=O)N=Nc2c(O)[nH]c3ccc(F)cc23)cc1. The number of methoxy groups -OCH3 is 1. The van der Waals surface area contributed by atoms with E-state index in [2.05, 4.69) is 20.5 Å². The molecule has 25 heavy (non-hydrogen) atoms. The highest BCUT2D eigenvalue weighted by molar-refractivity contribution is 5.94. The lowest BCUT2D eigenvalue weighted by atomic mass is 10.2. The van der Waals surface area contributed by atoms with Crippen molar-refractivity contribution in [2.45, 2.75) is 0 Å². The van der Waals surface area contributed by atoms with Gasteiger partial charge in [0.05, 0.1) is 19.2 Å². The number of aromatic nitrogens is 1. The molecule has 2 aromatic carbocycles. The summed E-state index contributed by atoms with van der Waals surface area (Å²) in [6.45, 7) is -0.0761. The molecule has 1 heterocycles. The molecule has 0 radical (unpaired) electrons. The van der Waals surface area contributed by atoms with Crippen molar-refractivity contribution in [1.29, 1.82) is 0 Å². The summed E-state index contributed by atoms with van der Waals surface area (Å²) in [6.07, 6.45) is 0. The Balaban J connectivity index is 1.68. The van der Waals surface area contributed by atoms with Crippen LogP contribution in [0.15, 0.2) is 52.7 Å². The smallest absolute Gasteiger partial charge is 0.283 e. The van der Waals surface area contributed by atoms with E-state index in [-0.39, 0.29) is 18.1 Å². The van der Waals surface area contributed by atoms with E-state index < -0.39 is 11.7 Å². The maximum absolute atomic E-state index is 13.3. The number of ether oxygens (including phenoxy) is 1. The monoisotopic (exact) mass is 342 g/mol. The Morgan fingerprint density at radius 1 is 1.28 bits per heavy atom. The number of nitrogens with zero attached hydrogens (tertiary/aromatic N) is 2. The lowest BCUT2D eigenvalue weighted by Crippen LogP contribution is -2.10. The summed E-state index contributed by atoms with van der Waals surface area (Å²) < 4.78 is 18.4. The number of aromatic amines is 1. The van der Waals surface area contributed by atoms with Gasteiger partial charge in [-0.25, -0.2) is 4.39 Å². The summed E-state index contributed by atoms with van der Waals surface area (Å²) >= 11 is 0. The molecule has 0 bridgehead atoms. The number of fused-ring (bicyclic) bond motifs is 1. The molecule has 7 nitrogen and oxygen atoms in total. The van der Waals surface area contributed by atoms with Gasteiger partial charge in [0.25, 0.3) is 5.91 Å². The molecular formula is C17H15FN4O3. The van der Waals surface area contributed by atoms with Gasteiger partial charge in [-0.3, -0.25) is 4.79 Å². The van der Waals surface area contributed by atoms with Gasteiger partial charge in [-0.05, 0) is 42.5 Å². The molecule has 1 aromatic heterocycles.